The normalized spacial score (nSPS) is 10.0. The van der Waals surface area contributed by atoms with Gasteiger partial charge in [-0.25, -0.2) is 0 Å². The molecule has 2 amide bonds. The largest absolute Gasteiger partial charge is 0.355 e. The molecule has 0 fully saturated rings. The molecule has 0 radical (unpaired) electrons. The molecule has 2 aromatic rings. The van der Waals surface area contributed by atoms with Crippen LogP contribution in [0.2, 0.25) is 0 Å². The molecule has 1 heterocycles. The van der Waals surface area contributed by atoms with Crippen molar-refractivity contribution >= 4 is 17.5 Å². The third-order valence-corrected chi connectivity index (χ3v) is 2.93. The molecular weight excluding hydrogens is 268 g/mol. The van der Waals surface area contributed by atoms with Crippen LogP contribution in [-0.2, 0) is 6.54 Å². The molecule has 0 aliphatic heterocycles. The van der Waals surface area contributed by atoms with Crippen molar-refractivity contribution in [3.05, 3.63) is 59.4 Å². The number of benzene rings is 1. The number of nitrogens with zero attached hydrogens (tertiary/aromatic N) is 1. The molecule has 2 rings (SSSR count). The molecule has 0 aliphatic rings. The Hall–Kier alpha value is -2.73. The van der Waals surface area contributed by atoms with E-state index >= 15 is 0 Å². The van der Waals surface area contributed by atoms with Gasteiger partial charge in [0.1, 0.15) is 0 Å². The first-order valence-corrected chi connectivity index (χ1v) is 6.43. The van der Waals surface area contributed by atoms with Gasteiger partial charge in [-0.15, -0.1) is 0 Å². The van der Waals surface area contributed by atoms with Crippen LogP contribution in [0.1, 0.15) is 26.4 Å². The second-order valence-electron chi connectivity index (χ2n) is 4.32. The molecule has 6 nitrogen and oxygen atoms in total. The molecular formula is C15H16N4O2. The van der Waals surface area contributed by atoms with Crippen LogP contribution in [-0.4, -0.2) is 23.8 Å². The van der Waals surface area contributed by atoms with E-state index in [0.29, 0.717) is 22.5 Å². The van der Waals surface area contributed by atoms with Gasteiger partial charge < -0.3 is 16.4 Å². The van der Waals surface area contributed by atoms with Crippen molar-refractivity contribution in [3.63, 3.8) is 0 Å². The summed E-state index contributed by atoms with van der Waals surface area (Å²) in [5, 5.41) is 5.26. The van der Waals surface area contributed by atoms with E-state index in [1.54, 1.807) is 36.4 Å². The Labute approximate surface area is 122 Å². The minimum atomic E-state index is -0.316. The highest BCUT2D eigenvalue weighted by Gasteiger charge is 2.13. The fourth-order valence-corrected chi connectivity index (χ4v) is 1.85. The smallest absolute Gasteiger partial charge is 0.255 e. The minimum absolute atomic E-state index is 0.260. The van der Waals surface area contributed by atoms with E-state index in [2.05, 4.69) is 15.6 Å². The van der Waals surface area contributed by atoms with Crippen LogP contribution in [0.5, 0.6) is 0 Å². The van der Waals surface area contributed by atoms with Crippen molar-refractivity contribution < 1.29 is 9.59 Å². The van der Waals surface area contributed by atoms with Gasteiger partial charge >= 0.3 is 0 Å². The Morgan fingerprint density at radius 2 is 1.95 bits per heavy atom. The number of hydrogen-bond acceptors (Lipinski definition) is 4. The first kappa shape index (κ1) is 14.7. The molecule has 6 heteroatoms. The molecule has 1 aromatic carbocycles. The number of hydrogen-bond donors (Lipinski definition) is 3. The van der Waals surface area contributed by atoms with Crippen molar-refractivity contribution in [1.82, 2.24) is 10.3 Å². The Morgan fingerprint density at radius 1 is 1.19 bits per heavy atom. The Balaban J connectivity index is 2.25. The number of nitrogens with two attached hydrogens (primary N) is 1. The monoisotopic (exact) mass is 284 g/mol. The van der Waals surface area contributed by atoms with Crippen molar-refractivity contribution in [2.45, 2.75) is 6.54 Å². The van der Waals surface area contributed by atoms with Gasteiger partial charge in [0.2, 0.25) is 0 Å². The lowest BCUT2D eigenvalue weighted by molar-refractivity contribution is 0.0964. The Kier molecular flexibility index (Phi) is 4.63. The number of anilines is 1. The Bertz CT molecular complexity index is 670. The first-order valence-electron chi connectivity index (χ1n) is 6.43. The lowest BCUT2D eigenvalue weighted by atomic mass is 10.1. The molecule has 0 saturated carbocycles. The summed E-state index contributed by atoms with van der Waals surface area (Å²) in [6.45, 7) is 0.260. The van der Waals surface area contributed by atoms with Crippen LogP contribution >= 0.6 is 0 Å². The van der Waals surface area contributed by atoms with Gasteiger partial charge in [-0.3, -0.25) is 14.6 Å². The average molecular weight is 284 g/mol. The number of nitrogens with one attached hydrogen (secondary N) is 2. The molecule has 0 bridgehead atoms. The van der Waals surface area contributed by atoms with E-state index in [-0.39, 0.29) is 18.4 Å². The Morgan fingerprint density at radius 3 is 2.67 bits per heavy atom. The standard InChI is InChI=1S/C15H16N4O2/c1-17-15(21)12-4-2-3-5-13(12)19-14(20)10-6-7-18-11(8-10)9-16/h2-8H,9,16H2,1H3,(H,17,21)(H,19,20). The predicted molar refractivity (Wildman–Crippen MR) is 79.9 cm³/mol. The van der Waals surface area contributed by atoms with Crippen LogP contribution in [0.4, 0.5) is 5.69 Å². The number of carbonyl (C=O) groups is 2. The highest BCUT2D eigenvalue weighted by molar-refractivity contribution is 6.08. The highest BCUT2D eigenvalue weighted by atomic mass is 16.2. The maximum atomic E-state index is 12.2. The molecule has 1 aromatic heterocycles. The lowest BCUT2D eigenvalue weighted by Crippen LogP contribution is -2.21. The topological polar surface area (TPSA) is 97.1 Å². The molecule has 0 atom stereocenters. The summed E-state index contributed by atoms with van der Waals surface area (Å²) in [5.41, 5.74) is 7.43. The predicted octanol–water partition coefficient (Wildman–Crippen LogP) is 1.15. The third-order valence-electron chi connectivity index (χ3n) is 2.93. The van der Waals surface area contributed by atoms with E-state index in [0.717, 1.165) is 0 Å². The van der Waals surface area contributed by atoms with Crippen LogP contribution in [0.25, 0.3) is 0 Å². The van der Waals surface area contributed by atoms with Gasteiger partial charge in [-0.1, -0.05) is 12.1 Å². The number of carbonyl (C=O) groups excluding carboxylic acids is 2. The zero-order chi connectivity index (χ0) is 15.2. The van der Waals surface area contributed by atoms with Crippen LogP contribution < -0.4 is 16.4 Å². The van der Waals surface area contributed by atoms with Gasteiger partial charge in [0, 0.05) is 25.4 Å². The van der Waals surface area contributed by atoms with E-state index in [4.69, 9.17) is 5.73 Å². The van der Waals surface area contributed by atoms with E-state index in [1.807, 2.05) is 0 Å². The molecule has 4 N–H and O–H groups in total. The van der Waals surface area contributed by atoms with Gasteiger partial charge in [0.15, 0.2) is 0 Å². The molecule has 108 valence electrons. The van der Waals surface area contributed by atoms with Crippen LogP contribution in [0, 0.1) is 0 Å². The zero-order valence-electron chi connectivity index (χ0n) is 11.6. The number of para-hydroxylation sites is 1. The average Bonchev–Trinajstić information content (AvgIpc) is 2.54. The minimum Gasteiger partial charge on any atom is -0.355 e. The lowest BCUT2D eigenvalue weighted by Gasteiger charge is -2.10. The molecule has 0 spiro atoms. The van der Waals surface area contributed by atoms with E-state index in [9.17, 15) is 9.59 Å². The maximum Gasteiger partial charge on any atom is 0.255 e. The highest BCUT2D eigenvalue weighted by Crippen LogP contribution is 2.16. The van der Waals surface area contributed by atoms with Crippen molar-refractivity contribution in [2.75, 3.05) is 12.4 Å². The number of rotatable bonds is 4. The number of amides is 2. The fraction of sp³-hybridized carbons (Fsp3) is 0.133. The molecule has 0 aliphatic carbocycles. The number of aromatic nitrogens is 1. The molecule has 0 saturated heterocycles. The summed E-state index contributed by atoms with van der Waals surface area (Å²) in [7, 11) is 1.54. The van der Waals surface area contributed by atoms with Crippen molar-refractivity contribution in [1.29, 1.82) is 0 Å². The van der Waals surface area contributed by atoms with Crippen molar-refractivity contribution in [3.8, 4) is 0 Å². The summed E-state index contributed by atoms with van der Waals surface area (Å²) in [4.78, 5) is 28.0. The summed E-state index contributed by atoms with van der Waals surface area (Å²) >= 11 is 0. The van der Waals surface area contributed by atoms with Gasteiger partial charge in [-0.2, -0.15) is 0 Å². The summed E-state index contributed by atoms with van der Waals surface area (Å²) in [6, 6.07) is 10.0. The zero-order valence-corrected chi connectivity index (χ0v) is 11.6. The van der Waals surface area contributed by atoms with E-state index in [1.165, 1.54) is 13.2 Å². The third kappa shape index (κ3) is 3.43. The summed E-state index contributed by atoms with van der Waals surface area (Å²) in [5.74, 6) is -0.577. The van der Waals surface area contributed by atoms with Crippen LogP contribution in [0.15, 0.2) is 42.6 Å². The SMILES string of the molecule is CNC(=O)c1ccccc1NC(=O)c1ccnc(CN)c1. The van der Waals surface area contributed by atoms with E-state index < -0.39 is 0 Å². The van der Waals surface area contributed by atoms with Crippen molar-refractivity contribution in [2.24, 2.45) is 5.73 Å². The quantitative estimate of drug-likeness (QED) is 0.784. The van der Waals surface area contributed by atoms with Gasteiger partial charge in [-0.05, 0) is 24.3 Å². The summed E-state index contributed by atoms with van der Waals surface area (Å²) in [6.07, 6.45) is 1.53. The maximum absolute atomic E-state index is 12.2. The first-order chi connectivity index (χ1) is 10.2. The second kappa shape index (κ2) is 6.62. The van der Waals surface area contributed by atoms with Gasteiger partial charge in [0.25, 0.3) is 11.8 Å². The molecule has 0 unspecified atom stereocenters. The second-order valence-corrected chi connectivity index (χ2v) is 4.32. The molecule has 21 heavy (non-hydrogen) atoms. The van der Waals surface area contributed by atoms with Gasteiger partial charge in [0.05, 0.1) is 16.9 Å². The number of pyridine rings is 1. The fourth-order valence-electron chi connectivity index (χ4n) is 1.85. The van der Waals surface area contributed by atoms with Crippen LogP contribution in [0.3, 0.4) is 0 Å². The summed E-state index contributed by atoms with van der Waals surface area (Å²) < 4.78 is 0.